The van der Waals surface area contributed by atoms with Crippen molar-refractivity contribution >= 4 is 17.5 Å². The first kappa shape index (κ1) is 23.2. The van der Waals surface area contributed by atoms with Gasteiger partial charge in [0.25, 0.3) is 0 Å². The quantitative estimate of drug-likeness (QED) is 0.695. The third-order valence-electron chi connectivity index (χ3n) is 6.16. The van der Waals surface area contributed by atoms with Crippen molar-refractivity contribution in [2.24, 2.45) is 0 Å². The highest BCUT2D eigenvalue weighted by Gasteiger charge is 2.38. The number of rotatable bonds is 6. The Balaban J connectivity index is 1.34. The molecule has 0 radical (unpaired) electrons. The van der Waals surface area contributed by atoms with E-state index in [2.05, 4.69) is 22.3 Å². The van der Waals surface area contributed by atoms with Gasteiger partial charge in [-0.05, 0) is 30.0 Å². The van der Waals surface area contributed by atoms with Gasteiger partial charge >= 0.3 is 0 Å². The second-order valence-electron chi connectivity index (χ2n) is 8.62. The first-order valence-corrected chi connectivity index (χ1v) is 11.7. The van der Waals surface area contributed by atoms with Crippen molar-refractivity contribution in [3.63, 3.8) is 0 Å². The van der Waals surface area contributed by atoms with Gasteiger partial charge < -0.3 is 19.9 Å². The smallest absolute Gasteiger partial charge is 0.222 e. The van der Waals surface area contributed by atoms with E-state index in [-0.39, 0.29) is 24.2 Å². The normalized spacial score (nSPS) is 26.6. The lowest BCUT2D eigenvalue weighted by Gasteiger charge is -2.44. The van der Waals surface area contributed by atoms with Crippen LogP contribution >= 0.6 is 11.6 Å². The molecule has 2 saturated heterocycles. The number of nitrogens with one attached hydrogen (secondary N) is 1. The Morgan fingerprint density at radius 3 is 2.69 bits per heavy atom. The molecule has 0 spiro atoms. The minimum atomic E-state index is -0.520. The highest BCUT2D eigenvalue weighted by molar-refractivity contribution is 6.31. The van der Waals surface area contributed by atoms with Gasteiger partial charge in [-0.25, -0.2) is 0 Å². The van der Waals surface area contributed by atoms with Crippen molar-refractivity contribution in [3.8, 4) is 0 Å². The van der Waals surface area contributed by atoms with Gasteiger partial charge in [0, 0.05) is 30.7 Å². The molecule has 0 aromatic heterocycles. The van der Waals surface area contributed by atoms with Gasteiger partial charge in [0.2, 0.25) is 5.91 Å². The number of hydrogen-bond donors (Lipinski definition) is 2. The molecule has 4 atom stereocenters. The molecule has 2 aliphatic rings. The Morgan fingerprint density at radius 2 is 1.88 bits per heavy atom. The lowest BCUT2D eigenvalue weighted by atomic mass is 9.94. The molecule has 2 fully saturated rings. The van der Waals surface area contributed by atoms with Crippen molar-refractivity contribution in [2.75, 3.05) is 19.8 Å². The number of nitrogens with zero attached hydrogens (tertiary/aromatic N) is 1. The van der Waals surface area contributed by atoms with E-state index in [0.717, 1.165) is 24.9 Å². The van der Waals surface area contributed by atoms with Crippen LogP contribution in [0.15, 0.2) is 54.6 Å². The summed E-state index contributed by atoms with van der Waals surface area (Å²) in [5, 5.41) is 13.9. The summed E-state index contributed by atoms with van der Waals surface area (Å²) in [5.41, 5.74) is 2.11. The van der Waals surface area contributed by atoms with E-state index in [1.165, 1.54) is 5.56 Å². The summed E-state index contributed by atoms with van der Waals surface area (Å²) >= 11 is 6.17. The van der Waals surface area contributed by atoms with Crippen molar-refractivity contribution in [2.45, 2.75) is 56.7 Å². The predicted octanol–water partition coefficient (Wildman–Crippen LogP) is 3.16. The van der Waals surface area contributed by atoms with Gasteiger partial charge in [0.15, 0.2) is 0 Å². The zero-order valence-corrected chi connectivity index (χ0v) is 18.9. The standard InChI is InChI=1S/C25H31ClN2O4/c26-22-9-5-4-8-19(22)13-27-25(30)12-21-10-11-23-24(32-21)17-31-16-20(29)15-28(23)14-18-6-2-1-3-7-18/h1-9,20-21,23-24,29H,10-17H2,(H,27,30)/t20-,21+,23+,24-/m0/s1. The number of amides is 1. The second-order valence-corrected chi connectivity index (χ2v) is 9.03. The minimum Gasteiger partial charge on any atom is -0.389 e. The largest absolute Gasteiger partial charge is 0.389 e. The Bertz CT molecular complexity index is 881. The van der Waals surface area contributed by atoms with Crippen molar-refractivity contribution in [3.05, 3.63) is 70.7 Å². The number of carbonyl (C=O) groups is 1. The van der Waals surface area contributed by atoms with Gasteiger partial charge in [-0.1, -0.05) is 60.1 Å². The van der Waals surface area contributed by atoms with Crippen LogP contribution in [0.3, 0.4) is 0 Å². The van der Waals surface area contributed by atoms with E-state index < -0.39 is 6.10 Å². The first-order valence-electron chi connectivity index (χ1n) is 11.3. The number of aliphatic hydroxyl groups excluding tert-OH is 1. The number of hydrogen-bond acceptors (Lipinski definition) is 5. The molecule has 1 amide bonds. The average Bonchev–Trinajstić information content (AvgIpc) is 2.78. The minimum absolute atomic E-state index is 0.0447. The van der Waals surface area contributed by atoms with Crippen LogP contribution in [0.1, 0.15) is 30.4 Å². The maximum absolute atomic E-state index is 12.5. The molecule has 2 aromatic rings. The van der Waals surface area contributed by atoms with E-state index in [0.29, 0.717) is 37.7 Å². The molecule has 2 N–H and O–H groups in total. The van der Waals surface area contributed by atoms with Crippen LogP contribution < -0.4 is 5.32 Å². The Hall–Kier alpha value is -1.96. The number of β-amino-alcohol motifs (C(OH)–C–C–N with tert-alkyl or cyclic N) is 1. The average molecular weight is 459 g/mol. The number of aliphatic hydroxyl groups is 1. The third-order valence-corrected chi connectivity index (χ3v) is 6.53. The van der Waals surface area contributed by atoms with Crippen molar-refractivity contribution < 1.29 is 19.4 Å². The molecule has 4 rings (SSSR count). The highest BCUT2D eigenvalue weighted by Crippen LogP contribution is 2.28. The molecule has 0 saturated carbocycles. The SMILES string of the molecule is O=C(C[C@H]1CC[C@@H]2[C@H](COC[C@@H](O)CN2Cc2ccccc2)O1)NCc1ccccc1Cl. The molecular weight excluding hydrogens is 428 g/mol. The maximum atomic E-state index is 12.5. The van der Waals surface area contributed by atoms with Crippen LogP contribution in [0.4, 0.5) is 0 Å². The molecule has 7 heteroatoms. The summed E-state index contributed by atoms with van der Waals surface area (Å²) in [4.78, 5) is 14.8. The molecular formula is C25H31ClN2O4. The molecule has 0 unspecified atom stereocenters. The Morgan fingerprint density at radius 1 is 1.09 bits per heavy atom. The monoisotopic (exact) mass is 458 g/mol. The maximum Gasteiger partial charge on any atom is 0.222 e. The van der Waals surface area contributed by atoms with E-state index in [1.807, 2.05) is 42.5 Å². The van der Waals surface area contributed by atoms with Crippen LogP contribution in [0, 0.1) is 0 Å². The fraction of sp³-hybridized carbons (Fsp3) is 0.480. The van der Waals surface area contributed by atoms with Crippen LogP contribution in [-0.2, 0) is 27.4 Å². The van der Waals surface area contributed by atoms with Gasteiger partial charge in [-0.2, -0.15) is 0 Å². The fourth-order valence-electron chi connectivity index (χ4n) is 4.56. The zero-order chi connectivity index (χ0) is 22.3. The second kappa shape index (κ2) is 11.3. The molecule has 2 aliphatic heterocycles. The number of carbonyl (C=O) groups excluding carboxylic acids is 1. The summed E-state index contributed by atoms with van der Waals surface area (Å²) in [6.45, 7) is 2.42. The van der Waals surface area contributed by atoms with Crippen molar-refractivity contribution in [1.29, 1.82) is 0 Å². The Labute approximate surface area is 194 Å². The lowest BCUT2D eigenvalue weighted by molar-refractivity contribution is -0.158. The first-order chi connectivity index (χ1) is 15.6. The molecule has 0 aliphatic carbocycles. The van der Waals surface area contributed by atoms with E-state index >= 15 is 0 Å². The van der Waals surface area contributed by atoms with E-state index in [1.54, 1.807) is 0 Å². The number of ether oxygens (including phenoxy) is 2. The summed E-state index contributed by atoms with van der Waals surface area (Å²) < 4.78 is 12.1. The Kier molecular flexibility index (Phi) is 8.16. The predicted molar refractivity (Wildman–Crippen MR) is 123 cm³/mol. The van der Waals surface area contributed by atoms with Gasteiger partial charge in [-0.3, -0.25) is 9.69 Å². The summed E-state index contributed by atoms with van der Waals surface area (Å²) in [6.07, 6.45) is 1.22. The molecule has 2 aromatic carbocycles. The van der Waals surface area contributed by atoms with Crippen LogP contribution in [0.2, 0.25) is 5.02 Å². The lowest BCUT2D eigenvalue weighted by Crippen LogP contribution is -2.55. The van der Waals surface area contributed by atoms with Gasteiger partial charge in [0.1, 0.15) is 0 Å². The summed E-state index contributed by atoms with van der Waals surface area (Å²) in [6, 6.07) is 17.9. The van der Waals surface area contributed by atoms with E-state index in [9.17, 15) is 9.90 Å². The van der Waals surface area contributed by atoms with Gasteiger partial charge in [-0.15, -0.1) is 0 Å². The van der Waals surface area contributed by atoms with Gasteiger partial charge in [0.05, 0.1) is 37.9 Å². The van der Waals surface area contributed by atoms with Crippen molar-refractivity contribution in [1.82, 2.24) is 10.2 Å². The zero-order valence-electron chi connectivity index (χ0n) is 18.2. The topological polar surface area (TPSA) is 71.0 Å². The summed E-state index contributed by atoms with van der Waals surface area (Å²) in [5.74, 6) is -0.0447. The molecule has 32 heavy (non-hydrogen) atoms. The number of benzene rings is 2. The van der Waals surface area contributed by atoms with E-state index in [4.69, 9.17) is 21.1 Å². The highest BCUT2D eigenvalue weighted by atomic mass is 35.5. The fourth-order valence-corrected chi connectivity index (χ4v) is 4.76. The number of halogens is 1. The number of fused-ring (bicyclic) bond motifs is 1. The van der Waals surface area contributed by atoms with Crippen LogP contribution in [0.25, 0.3) is 0 Å². The molecule has 6 nitrogen and oxygen atoms in total. The van der Waals surface area contributed by atoms with Crippen LogP contribution in [-0.4, -0.2) is 60.0 Å². The molecule has 172 valence electrons. The van der Waals surface area contributed by atoms with Crippen LogP contribution in [0.5, 0.6) is 0 Å². The third kappa shape index (κ3) is 6.30. The molecule has 0 bridgehead atoms. The summed E-state index contributed by atoms with van der Waals surface area (Å²) in [7, 11) is 0. The molecule has 2 heterocycles.